The van der Waals surface area contributed by atoms with E-state index in [2.05, 4.69) is 11.4 Å². The van der Waals surface area contributed by atoms with Gasteiger partial charge in [-0.2, -0.15) is 0 Å². The van der Waals surface area contributed by atoms with E-state index in [0.717, 1.165) is 5.69 Å². The molecule has 51 valence electrons. The maximum absolute atomic E-state index is 6.88. The summed E-state index contributed by atoms with van der Waals surface area (Å²) in [5, 5.41) is 9.49. The van der Waals surface area contributed by atoms with Crippen LogP contribution in [0.5, 0.6) is 0 Å². The molecule has 0 amide bonds. The van der Waals surface area contributed by atoms with Crippen molar-refractivity contribution in [3.63, 3.8) is 0 Å². The molecule has 3 heteroatoms. The molecule has 0 bridgehead atoms. The van der Waals surface area contributed by atoms with Gasteiger partial charge in [-0.1, -0.05) is 18.2 Å². The Bertz CT molecular complexity index is 218. The highest BCUT2D eigenvalue weighted by Crippen LogP contribution is 2.01. The first kappa shape index (κ1) is 6.61. The number of benzene rings is 1. The van der Waals surface area contributed by atoms with Gasteiger partial charge in [0.05, 0.1) is 0 Å². The van der Waals surface area contributed by atoms with Gasteiger partial charge in [0.25, 0.3) is 0 Å². The highest BCUT2D eigenvalue weighted by atomic mass is 15.0. The zero-order valence-electron chi connectivity index (χ0n) is 5.39. The van der Waals surface area contributed by atoms with Gasteiger partial charge in [0.2, 0.25) is 0 Å². The maximum Gasteiger partial charge on any atom is 0.190 e. The molecule has 0 saturated carbocycles. The first-order valence-electron chi connectivity index (χ1n) is 2.87. The largest absolute Gasteiger partial charge is 0.370 e. The second kappa shape index (κ2) is 2.87. The lowest BCUT2D eigenvalue weighted by molar-refractivity contribution is 1.41. The van der Waals surface area contributed by atoms with Gasteiger partial charge in [0.15, 0.2) is 5.96 Å². The molecule has 1 aromatic rings. The van der Waals surface area contributed by atoms with Crippen LogP contribution in [0, 0.1) is 11.5 Å². The first-order valence-corrected chi connectivity index (χ1v) is 2.87. The standard InChI is InChI=1S/C7H8N3/c8-7(9)10-6-4-2-1-3-5-6/h1-4H,(H4,8,9,10). The molecule has 0 fully saturated rings. The number of para-hydroxylation sites is 1. The molecule has 0 heterocycles. The fourth-order valence-corrected chi connectivity index (χ4v) is 0.616. The summed E-state index contributed by atoms with van der Waals surface area (Å²) in [6.07, 6.45) is 0. The number of hydrogen-bond acceptors (Lipinski definition) is 1. The lowest BCUT2D eigenvalue weighted by Crippen LogP contribution is -2.20. The number of rotatable bonds is 1. The van der Waals surface area contributed by atoms with Crippen LogP contribution >= 0.6 is 0 Å². The van der Waals surface area contributed by atoms with E-state index in [0.29, 0.717) is 0 Å². The summed E-state index contributed by atoms with van der Waals surface area (Å²) >= 11 is 0. The van der Waals surface area contributed by atoms with Crippen molar-refractivity contribution >= 4 is 11.6 Å². The van der Waals surface area contributed by atoms with E-state index in [1.54, 1.807) is 12.1 Å². The average Bonchev–Trinajstić information content (AvgIpc) is 1.88. The smallest absolute Gasteiger partial charge is 0.190 e. The van der Waals surface area contributed by atoms with Crippen molar-refractivity contribution in [2.45, 2.75) is 0 Å². The lowest BCUT2D eigenvalue weighted by Gasteiger charge is -1.99. The molecule has 0 aromatic heterocycles. The molecule has 10 heavy (non-hydrogen) atoms. The van der Waals surface area contributed by atoms with E-state index in [-0.39, 0.29) is 5.96 Å². The minimum Gasteiger partial charge on any atom is -0.370 e. The third-order valence-corrected chi connectivity index (χ3v) is 0.978. The van der Waals surface area contributed by atoms with Gasteiger partial charge < -0.3 is 11.1 Å². The number of guanidine groups is 1. The van der Waals surface area contributed by atoms with Gasteiger partial charge >= 0.3 is 0 Å². The van der Waals surface area contributed by atoms with Gasteiger partial charge in [0.1, 0.15) is 0 Å². The molecular weight excluding hydrogens is 126 g/mol. The van der Waals surface area contributed by atoms with Crippen molar-refractivity contribution in [2.24, 2.45) is 5.73 Å². The summed E-state index contributed by atoms with van der Waals surface area (Å²) in [4.78, 5) is 0. The van der Waals surface area contributed by atoms with E-state index in [9.17, 15) is 0 Å². The van der Waals surface area contributed by atoms with E-state index in [4.69, 9.17) is 11.1 Å². The van der Waals surface area contributed by atoms with Gasteiger partial charge in [0, 0.05) is 11.8 Å². The fourth-order valence-electron chi connectivity index (χ4n) is 0.616. The van der Waals surface area contributed by atoms with Crippen LogP contribution in [0.25, 0.3) is 0 Å². The molecule has 1 radical (unpaired) electrons. The second-order valence-corrected chi connectivity index (χ2v) is 1.81. The van der Waals surface area contributed by atoms with E-state index in [1.807, 2.05) is 12.1 Å². The van der Waals surface area contributed by atoms with Gasteiger partial charge in [-0.05, 0) is 6.07 Å². The first-order chi connectivity index (χ1) is 4.79. The normalized spacial score (nSPS) is 8.80. The Hall–Kier alpha value is -1.51. The third kappa shape index (κ3) is 1.78. The summed E-state index contributed by atoms with van der Waals surface area (Å²) in [5.41, 5.74) is 5.79. The topological polar surface area (TPSA) is 61.9 Å². The molecule has 0 atom stereocenters. The average molecular weight is 134 g/mol. The Balaban J connectivity index is 2.67. The Morgan fingerprint density at radius 2 is 2.40 bits per heavy atom. The summed E-state index contributed by atoms with van der Waals surface area (Å²) < 4.78 is 0. The third-order valence-electron chi connectivity index (χ3n) is 0.978. The van der Waals surface area contributed by atoms with Crippen LogP contribution in [-0.2, 0) is 0 Å². The van der Waals surface area contributed by atoms with Gasteiger partial charge in [-0.15, -0.1) is 0 Å². The predicted octanol–water partition coefficient (Wildman–Crippen LogP) is 0.792. The molecule has 4 N–H and O–H groups in total. The van der Waals surface area contributed by atoms with Crippen LogP contribution in [0.4, 0.5) is 5.69 Å². The Morgan fingerprint density at radius 1 is 1.60 bits per heavy atom. The Labute approximate surface area is 59.4 Å². The van der Waals surface area contributed by atoms with Crippen molar-refractivity contribution < 1.29 is 0 Å². The minimum atomic E-state index is -0.0672. The molecule has 0 aliphatic heterocycles. The Morgan fingerprint density at radius 3 is 2.90 bits per heavy atom. The van der Waals surface area contributed by atoms with Crippen molar-refractivity contribution in [1.29, 1.82) is 5.41 Å². The number of nitrogens with one attached hydrogen (secondary N) is 2. The van der Waals surface area contributed by atoms with E-state index in [1.165, 1.54) is 0 Å². The predicted molar refractivity (Wildman–Crippen MR) is 40.8 cm³/mol. The van der Waals surface area contributed by atoms with E-state index < -0.39 is 0 Å². The van der Waals surface area contributed by atoms with Crippen LogP contribution in [0.15, 0.2) is 24.3 Å². The van der Waals surface area contributed by atoms with Crippen LogP contribution in [0.1, 0.15) is 0 Å². The molecule has 0 unspecified atom stereocenters. The summed E-state index contributed by atoms with van der Waals surface area (Å²) in [7, 11) is 0. The fraction of sp³-hybridized carbons (Fsp3) is 0. The monoisotopic (exact) mass is 134 g/mol. The van der Waals surface area contributed by atoms with Crippen molar-refractivity contribution in [2.75, 3.05) is 5.32 Å². The zero-order valence-corrected chi connectivity index (χ0v) is 5.39. The Kier molecular flexibility index (Phi) is 1.89. The minimum absolute atomic E-state index is 0.0672. The van der Waals surface area contributed by atoms with Gasteiger partial charge in [-0.25, -0.2) is 0 Å². The van der Waals surface area contributed by atoms with Crippen LogP contribution in [0.3, 0.4) is 0 Å². The maximum atomic E-state index is 6.88. The number of anilines is 1. The second-order valence-electron chi connectivity index (χ2n) is 1.81. The highest BCUT2D eigenvalue weighted by molar-refractivity contribution is 5.89. The summed E-state index contributed by atoms with van der Waals surface area (Å²) in [5.74, 6) is -0.0672. The number of hydrogen-bond donors (Lipinski definition) is 3. The highest BCUT2D eigenvalue weighted by Gasteiger charge is 1.88. The molecule has 0 aliphatic carbocycles. The van der Waals surface area contributed by atoms with Crippen molar-refractivity contribution in [1.82, 2.24) is 0 Å². The summed E-state index contributed by atoms with van der Waals surface area (Å²) in [6, 6.07) is 10.1. The van der Waals surface area contributed by atoms with Crippen LogP contribution in [0.2, 0.25) is 0 Å². The SMILES string of the molecule is N=C(N)Nc1[c]cccc1. The van der Waals surface area contributed by atoms with Crippen molar-refractivity contribution in [3.05, 3.63) is 30.3 Å². The molecule has 0 spiro atoms. The molecule has 3 nitrogen and oxygen atoms in total. The lowest BCUT2D eigenvalue weighted by atomic mass is 10.3. The van der Waals surface area contributed by atoms with Crippen LogP contribution in [-0.4, -0.2) is 5.96 Å². The van der Waals surface area contributed by atoms with Crippen LogP contribution < -0.4 is 11.1 Å². The molecule has 1 aromatic carbocycles. The molecular formula is C7H8N3. The summed E-state index contributed by atoms with van der Waals surface area (Å²) in [6.45, 7) is 0. The zero-order chi connectivity index (χ0) is 7.40. The van der Waals surface area contributed by atoms with Gasteiger partial charge in [-0.3, -0.25) is 5.41 Å². The number of nitrogens with two attached hydrogens (primary N) is 1. The molecule has 0 saturated heterocycles. The van der Waals surface area contributed by atoms with E-state index >= 15 is 0 Å². The molecule has 1 rings (SSSR count). The quantitative estimate of drug-likeness (QED) is 0.393. The van der Waals surface area contributed by atoms with Crippen molar-refractivity contribution in [3.8, 4) is 0 Å². The molecule has 0 aliphatic rings.